The van der Waals surface area contributed by atoms with Crippen molar-refractivity contribution in [1.29, 1.82) is 0 Å². The lowest BCUT2D eigenvalue weighted by molar-refractivity contribution is 0.102. The van der Waals surface area contributed by atoms with Crippen molar-refractivity contribution in [2.45, 2.75) is 4.90 Å². The van der Waals surface area contributed by atoms with Crippen LogP contribution in [0.5, 0.6) is 17.2 Å². The number of anilines is 1. The smallest absolute Gasteiger partial charge is 0.256 e. The molecule has 5 nitrogen and oxygen atoms in total. The number of fused-ring (bicyclic) bond motifs is 1. The zero-order valence-corrected chi connectivity index (χ0v) is 15.6. The van der Waals surface area contributed by atoms with Crippen LogP contribution in [0.2, 0.25) is 0 Å². The first kappa shape index (κ1) is 17.0. The Morgan fingerprint density at radius 3 is 2.58 bits per heavy atom. The second kappa shape index (κ2) is 7.36. The monoisotopic (exact) mass is 409 g/mol. The first-order valence-electron chi connectivity index (χ1n) is 7.25. The fourth-order valence-corrected chi connectivity index (χ4v) is 3.31. The highest BCUT2D eigenvalue weighted by atomic mass is 79.9. The Bertz CT molecular complexity index is 781. The summed E-state index contributed by atoms with van der Waals surface area (Å²) in [5.74, 6) is 1.73. The summed E-state index contributed by atoms with van der Waals surface area (Å²) in [6, 6.07) is 8.95. The van der Waals surface area contributed by atoms with E-state index in [-0.39, 0.29) is 5.91 Å². The van der Waals surface area contributed by atoms with Gasteiger partial charge in [-0.25, -0.2) is 0 Å². The average Bonchev–Trinajstić information content (AvgIpc) is 2.61. The van der Waals surface area contributed by atoms with Gasteiger partial charge in [-0.05, 0) is 46.5 Å². The maximum absolute atomic E-state index is 12.7. The molecule has 1 aliphatic heterocycles. The molecule has 3 rings (SSSR count). The molecule has 0 radical (unpaired) electrons. The van der Waals surface area contributed by atoms with Crippen LogP contribution >= 0.6 is 27.7 Å². The maximum Gasteiger partial charge on any atom is 0.256 e. The van der Waals surface area contributed by atoms with Crippen molar-refractivity contribution in [2.75, 3.05) is 31.9 Å². The van der Waals surface area contributed by atoms with Crippen LogP contribution < -0.4 is 19.5 Å². The molecule has 0 saturated heterocycles. The average molecular weight is 410 g/mol. The van der Waals surface area contributed by atoms with E-state index < -0.39 is 0 Å². The van der Waals surface area contributed by atoms with Crippen molar-refractivity contribution < 1.29 is 19.0 Å². The van der Waals surface area contributed by atoms with Crippen molar-refractivity contribution in [3.8, 4) is 17.2 Å². The predicted octanol–water partition coefficient (Wildman–Crippen LogP) is 4.20. The number of rotatable bonds is 4. The number of hydrogen-bond acceptors (Lipinski definition) is 5. The number of benzene rings is 2. The summed E-state index contributed by atoms with van der Waals surface area (Å²) in [6.45, 7) is 1.03. The van der Waals surface area contributed by atoms with Crippen molar-refractivity contribution in [3.05, 3.63) is 40.4 Å². The number of ether oxygens (including phenoxy) is 3. The SMILES string of the molecule is COc1ccc(Br)c(C(=O)Nc2cc3c(cc2SC)OCCO3)c1. The number of halogens is 1. The zero-order chi connectivity index (χ0) is 17.1. The van der Waals surface area contributed by atoms with Crippen LogP contribution in [0.25, 0.3) is 0 Å². The van der Waals surface area contributed by atoms with Gasteiger partial charge in [0.25, 0.3) is 5.91 Å². The summed E-state index contributed by atoms with van der Waals surface area (Å²) in [7, 11) is 1.57. The number of thioether (sulfide) groups is 1. The summed E-state index contributed by atoms with van der Waals surface area (Å²) < 4.78 is 17.1. The minimum Gasteiger partial charge on any atom is -0.497 e. The lowest BCUT2D eigenvalue weighted by atomic mass is 10.2. The Hall–Kier alpha value is -1.86. The molecule has 0 bridgehead atoms. The van der Waals surface area contributed by atoms with Gasteiger partial charge in [-0.2, -0.15) is 0 Å². The van der Waals surface area contributed by atoms with Gasteiger partial charge in [0.05, 0.1) is 18.4 Å². The van der Waals surface area contributed by atoms with Gasteiger partial charge in [0.15, 0.2) is 11.5 Å². The van der Waals surface area contributed by atoms with E-state index in [2.05, 4.69) is 21.2 Å². The molecule has 24 heavy (non-hydrogen) atoms. The van der Waals surface area contributed by atoms with Crippen LogP contribution in [0.3, 0.4) is 0 Å². The Morgan fingerprint density at radius 1 is 1.21 bits per heavy atom. The molecule has 0 spiro atoms. The molecule has 0 aliphatic carbocycles. The molecule has 0 aromatic heterocycles. The highest BCUT2D eigenvalue weighted by molar-refractivity contribution is 9.10. The third-order valence-corrected chi connectivity index (χ3v) is 5.00. The molecule has 7 heteroatoms. The molecule has 0 atom stereocenters. The van der Waals surface area contributed by atoms with Gasteiger partial charge >= 0.3 is 0 Å². The highest BCUT2D eigenvalue weighted by Gasteiger charge is 2.18. The lowest BCUT2D eigenvalue weighted by Gasteiger charge is -2.21. The number of methoxy groups -OCH3 is 1. The molecule has 2 aromatic rings. The lowest BCUT2D eigenvalue weighted by Crippen LogP contribution is -2.17. The van der Waals surface area contributed by atoms with E-state index in [0.717, 1.165) is 4.90 Å². The van der Waals surface area contributed by atoms with Gasteiger partial charge < -0.3 is 19.5 Å². The van der Waals surface area contributed by atoms with Crippen LogP contribution in [0.1, 0.15) is 10.4 Å². The zero-order valence-electron chi connectivity index (χ0n) is 13.2. The number of amides is 1. The van der Waals surface area contributed by atoms with Gasteiger partial charge in [0.2, 0.25) is 0 Å². The Morgan fingerprint density at radius 2 is 1.92 bits per heavy atom. The van der Waals surface area contributed by atoms with Crippen molar-refractivity contribution >= 4 is 39.3 Å². The van der Waals surface area contributed by atoms with Crippen LogP contribution in [0.4, 0.5) is 5.69 Å². The minimum absolute atomic E-state index is 0.229. The Kier molecular flexibility index (Phi) is 5.20. The molecule has 2 aromatic carbocycles. The van der Waals surface area contributed by atoms with Gasteiger partial charge in [0, 0.05) is 15.4 Å². The molecule has 1 heterocycles. The van der Waals surface area contributed by atoms with E-state index in [4.69, 9.17) is 14.2 Å². The molecule has 1 amide bonds. The third kappa shape index (κ3) is 3.47. The summed E-state index contributed by atoms with van der Waals surface area (Å²) >= 11 is 4.93. The molecule has 0 saturated carbocycles. The molecule has 0 fully saturated rings. The summed E-state index contributed by atoms with van der Waals surface area (Å²) in [5.41, 5.74) is 1.18. The first-order valence-corrected chi connectivity index (χ1v) is 9.26. The fourth-order valence-electron chi connectivity index (χ4n) is 2.33. The molecular formula is C17H16BrNO4S. The van der Waals surface area contributed by atoms with Gasteiger partial charge in [-0.15, -0.1) is 11.8 Å². The van der Waals surface area contributed by atoms with Crippen LogP contribution in [0.15, 0.2) is 39.7 Å². The summed E-state index contributed by atoms with van der Waals surface area (Å²) in [5, 5.41) is 2.94. The number of carbonyl (C=O) groups is 1. The second-order valence-corrected chi connectivity index (χ2v) is 6.70. The topological polar surface area (TPSA) is 56.8 Å². The molecule has 0 unspecified atom stereocenters. The third-order valence-electron chi connectivity index (χ3n) is 3.53. The number of hydrogen-bond donors (Lipinski definition) is 1. The van der Waals surface area contributed by atoms with Gasteiger partial charge in [-0.1, -0.05) is 0 Å². The minimum atomic E-state index is -0.229. The van der Waals surface area contributed by atoms with Crippen molar-refractivity contribution in [3.63, 3.8) is 0 Å². The van der Waals surface area contributed by atoms with E-state index >= 15 is 0 Å². The second-order valence-electron chi connectivity index (χ2n) is 5.00. The van der Waals surface area contributed by atoms with Gasteiger partial charge in [0.1, 0.15) is 19.0 Å². The highest BCUT2D eigenvalue weighted by Crippen LogP contribution is 2.39. The molecule has 1 aliphatic rings. The number of carbonyl (C=O) groups excluding carboxylic acids is 1. The van der Waals surface area contributed by atoms with E-state index in [1.807, 2.05) is 12.3 Å². The fraction of sp³-hybridized carbons (Fsp3) is 0.235. The standard InChI is InChI=1S/C17H16BrNO4S/c1-21-10-3-4-12(18)11(7-10)17(20)19-13-8-14-15(9-16(13)24-2)23-6-5-22-14/h3-4,7-9H,5-6H2,1-2H3,(H,19,20). The first-order chi connectivity index (χ1) is 11.6. The normalized spacial score (nSPS) is 12.6. The quantitative estimate of drug-likeness (QED) is 0.766. The van der Waals surface area contributed by atoms with Gasteiger partial charge in [-0.3, -0.25) is 4.79 Å². The number of nitrogens with one attached hydrogen (secondary N) is 1. The van der Waals surface area contributed by atoms with E-state index in [9.17, 15) is 4.79 Å². The van der Waals surface area contributed by atoms with Crippen LogP contribution in [-0.2, 0) is 0 Å². The maximum atomic E-state index is 12.7. The Labute approximate surface area is 152 Å². The largest absolute Gasteiger partial charge is 0.497 e. The summed E-state index contributed by atoms with van der Waals surface area (Å²) in [4.78, 5) is 13.6. The van der Waals surface area contributed by atoms with E-state index in [1.165, 1.54) is 11.8 Å². The summed E-state index contributed by atoms with van der Waals surface area (Å²) in [6.07, 6.45) is 1.95. The molecular weight excluding hydrogens is 394 g/mol. The van der Waals surface area contributed by atoms with Crippen LogP contribution in [-0.4, -0.2) is 32.5 Å². The van der Waals surface area contributed by atoms with E-state index in [0.29, 0.717) is 46.2 Å². The predicted molar refractivity (Wildman–Crippen MR) is 97.9 cm³/mol. The van der Waals surface area contributed by atoms with Crippen molar-refractivity contribution in [2.24, 2.45) is 0 Å². The van der Waals surface area contributed by atoms with Crippen molar-refractivity contribution in [1.82, 2.24) is 0 Å². The van der Waals surface area contributed by atoms with E-state index in [1.54, 1.807) is 31.4 Å². The van der Waals surface area contributed by atoms with Crippen LogP contribution in [0, 0.1) is 0 Å². The molecule has 126 valence electrons. The Balaban J connectivity index is 1.91. The molecule has 1 N–H and O–H groups in total.